The van der Waals surface area contributed by atoms with Crippen LogP contribution in [0.25, 0.3) is 0 Å². The third-order valence-electron chi connectivity index (χ3n) is 4.53. The van der Waals surface area contributed by atoms with Crippen LogP contribution in [0.4, 0.5) is 0 Å². The largest absolute Gasteiger partial charge is 0.497 e. The number of nitrogens with two attached hydrogens (primary N) is 1. The molecule has 2 unspecified atom stereocenters. The molecule has 4 nitrogen and oxygen atoms in total. The van der Waals surface area contributed by atoms with Crippen molar-refractivity contribution >= 4 is 0 Å². The molecule has 0 saturated carbocycles. The second-order valence-electron chi connectivity index (χ2n) is 6.05. The molecule has 1 aromatic carbocycles. The van der Waals surface area contributed by atoms with E-state index in [9.17, 15) is 0 Å². The molecule has 1 aliphatic heterocycles. The predicted octanol–water partition coefficient (Wildman–Crippen LogP) is 2.82. The van der Waals surface area contributed by atoms with Crippen molar-refractivity contribution in [1.29, 1.82) is 0 Å². The minimum atomic E-state index is 0.185. The van der Waals surface area contributed by atoms with Crippen molar-refractivity contribution in [2.45, 2.75) is 38.8 Å². The van der Waals surface area contributed by atoms with Crippen molar-refractivity contribution in [3.05, 3.63) is 23.8 Å². The van der Waals surface area contributed by atoms with Gasteiger partial charge in [-0.25, -0.2) is 0 Å². The zero-order valence-corrected chi connectivity index (χ0v) is 13.6. The lowest BCUT2D eigenvalue weighted by Gasteiger charge is -2.35. The van der Waals surface area contributed by atoms with Gasteiger partial charge in [0.1, 0.15) is 11.5 Å². The molecule has 0 amide bonds. The molecule has 0 aliphatic carbocycles. The van der Waals surface area contributed by atoms with Crippen LogP contribution in [-0.4, -0.2) is 38.3 Å². The van der Waals surface area contributed by atoms with Gasteiger partial charge in [-0.1, -0.05) is 13.8 Å². The van der Waals surface area contributed by atoms with Gasteiger partial charge in [-0.3, -0.25) is 4.90 Å². The van der Waals surface area contributed by atoms with E-state index >= 15 is 0 Å². The Bertz CT molecular complexity index is 462. The number of hydrogen-bond acceptors (Lipinski definition) is 4. The highest BCUT2D eigenvalue weighted by Gasteiger charge is 2.33. The Morgan fingerprint density at radius 3 is 2.62 bits per heavy atom. The third-order valence-corrected chi connectivity index (χ3v) is 4.53. The molecular weight excluding hydrogens is 264 g/mol. The first-order valence-electron chi connectivity index (χ1n) is 7.80. The van der Waals surface area contributed by atoms with Gasteiger partial charge in [0, 0.05) is 18.2 Å². The first-order chi connectivity index (χ1) is 10.1. The van der Waals surface area contributed by atoms with E-state index in [-0.39, 0.29) is 6.04 Å². The van der Waals surface area contributed by atoms with Crippen LogP contribution in [0.15, 0.2) is 18.2 Å². The maximum Gasteiger partial charge on any atom is 0.123 e. The zero-order chi connectivity index (χ0) is 15.4. The molecule has 1 aromatic rings. The summed E-state index contributed by atoms with van der Waals surface area (Å²) in [5.41, 5.74) is 7.26. The van der Waals surface area contributed by atoms with E-state index in [0.717, 1.165) is 23.6 Å². The van der Waals surface area contributed by atoms with Crippen LogP contribution in [0.3, 0.4) is 0 Å². The summed E-state index contributed by atoms with van der Waals surface area (Å²) in [5, 5.41) is 0. The topological polar surface area (TPSA) is 47.7 Å². The van der Waals surface area contributed by atoms with Gasteiger partial charge >= 0.3 is 0 Å². The first-order valence-corrected chi connectivity index (χ1v) is 7.80. The van der Waals surface area contributed by atoms with E-state index in [4.69, 9.17) is 15.2 Å². The Morgan fingerprint density at radius 2 is 2.05 bits per heavy atom. The molecule has 2 N–H and O–H groups in total. The number of rotatable bonds is 6. The van der Waals surface area contributed by atoms with Gasteiger partial charge in [0.2, 0.25) is 0 Å². The Hall–Kier alpha value is -1.26. The summed E-state index contributed by atoms with van der Waals surface area (Å²) in [7, 11) is 3.40. The van der Waals surface area contributed by atoms with E-state index in [2.05, 4.69) is 24.8 Å². The maximum absolute atomic E-state index is 6.12. The fourth-order valence-corrected chi connectivity index (χ4v) is 3.46. The van der Waals surface area contributed by atoms with Gasteiger partial charge < -0.3 is 15.2 Å². The van der Waals surface area contributed by atoms with E-state index in [1.807, 2.05) is 12.1 Å². The predicted molar refractivity (Wildman–Crippen MR) is 85.9 cm³/mol. The monoisotopic (exact) mass is 292 g/mol. The Labute approximate surface area is 128 Å². The van der Waals surface area contributed by atoms with Crippen molar-refractivity contribution in [3.8, 4) is 11.5 Å². The number of methoxy groups -OCH3 is 2. The van der Waals surface area contributed by atoms with Gasteiger partial charge in [-0.2, -0.15) is 0 Å². The third kappa shape index (κ3) is 3.33. The summed E-state index contributed by atoms with van der Waals surface area (Å²) in [4.78, 5) is 2.54. The van der Waals surface area contributed by atoms with Gasteiger partial charge in [0.15, 0.2) is 0 Å². The number of likely N-dealkylation sites (tertiary alicyclic amines) is 1. The van der Waals surface area contributed by atoms with Crippen molar-refractivity contribution in [2.75, 3.05) is 27.3 Å². The van der Waals surface area contributed by atoms with E-state index in [1.54, 1.807) is 14.2 Å². The van der Waals surface area contributed by atoms with Gasteiger partial charge in [0.05, 0.1) is 20.3 Å². The fraction of sp³-hybridized carbons (Fsp3) is 0.647. The summed E-state index contributed by atoms with van der Waals surface area (Å²) >= 11 is 0. The minimum Gasteiger partial charge on any atom is -0.497 e. The first kappa shape index (κ1) is 16.1. The highest BCUT2D eigenvalue weighted by molar-refractivity contribution is 5.42. The highest BCUT2D eigenvalue weighted by Crippen LogP contribution is 2.37. The van der Waals surface area contributed by atoms with E-state index in [1.165, 1.54) is 12.8 Å². The van der Waals surface area contributed by atoms with Crippen LogP contribution in [0.2, 0.25) is 0 Å². The number of ether oxygens (including phenoxy) is 2. The number of hydrogen-bond donors (Lipinski definition) is 1. The normalized spacial score (nSPS) is 20.8. The average molecular weight is 292 g/mol. The lowest BCUT2D eigenvalue weighted by Crippen LogP contribution is -2.40. The molecule has 118 valence electrons. The quantitative estimate of drug-likeness (QED) is 0.876. The van der Waals surface area contributed by atoms with Crippen LogP contribution >= 0.6 is 0 Å². The van der Waals surface area contributed by atoms with E-state index < -0.39 is 0 Å². The molecule has 0 bridgehead atoms. The van der Waals surface area contributed by atoms with Crippen LogP contribution < -0.4 is 15.2 Å². The number of nitrogens with zero attached hydrogens (tertiary/aromatic N) is 1. The van der Waals surface area contributed by atoms with Crippen molar-refractivity contribution < 1.29 is 9.47 Å². The molecule has 0 spiro atoms. The summed E-state index contributed by atoms with van der Waals surface area (Å²) < 4.78 is 10.9. The maximum atomic E-state index is 6.12. The molecule has 0 aromatic heterocycles. The molecule has 1 saturated heterocycles. The molecule has 2 atom stereocenters. The van der Waals surface area contributed by atoms with Crippen LogP contribution in [-0.2, 0) is 0 Å². The van der Waals surface area contributed by atoms with Crippen molar-refractivity contribution in [2.24, 2.45) is 11.7 Å². The second-order valence-corrected chi connectivity index (χ2v) is 6.05. The highest BCUT2D eigenvalue weighted by atomic mass is 16.5. The Balaban J connectivity index is 2.36. The van der Waals surface area contributed by atoms with Crippen LogP contribution in [0, 0.1) is 5.92 Å². The van der Waals surface area contributed by atoms with Gasteiger partial charge in [-0.05, 0) is 43.5 Å². The standard InChI is InChI=1S/C17H28N2O2/c1-12(2)15-6-5-9-19(15)16(11-18)14-10-13(20-3)7-8-17(14)21-4/h7-8,10,12,15-16H,5-6,9,11,18H2,1-4H3. The average Bonchev–Trinajstić information content (AvgIpc) is 2.97. The fourth-order valence-electron chi connectivity index (χ4n) is 3.46. The van der Waals surface area contributed by atoms with Crippen LogP contribution in [0.5, 0.6) is 11.5 Å². The molecule has 1 aliphatic rings. The van der Waals surface area contributed by atoms with Crippen molar-refractivity contribution in [3.63, 3.8) is 0 Å². The Morgan fingerprint density at radius 1 is 1.29 bits per heavy atom. The summed E-state index contributed by atoms with van der Waals surface area (Å²) in [5.74, 6) is 2.38. The lowest BCUT2D eigenvalue weighted by atomic mass is 9.97. The zero-order valence-electron chi connectivity index (χ0n) is 13.6. The molecule has 21 heavy (non-hydrogen) atoms. The van der Waals surface area contributed by atoms with E-state index in [0.29, 0.717) is 18.5 Å². The summed E-state index contributed by atoms with van der Waals surface area (Å²) in [6.07, 6.45) is 2.49. The van der Waals surface area contributed by atoms with Crippen molar-refractivity contribution in [1.82, 2.24) is 4.90 Å². The summed E-state index contributed by atoms with van der Waals surface area (Å²) in [6.45, 7) is 6.27. The van der Waals surface area contributed by atoms with Gasteiger partial charge in [-0.15, -0.1) is 0 Å². The summed E-state index contributed by atoms with van der Waals surface area (Å²) in [6, 6.07) is 6.74. The molecule has 4 heteroatoms. The minimum absolute atomic E-state index is 0.185. The molecule has 1 heterocycles. The SMILES string of the molecule is COc1ccc(OC)c(C(CN)N2CCCC2C(C)C)c1. The smallest absolute Gasteiger partial charge is 0.123 e. The molecular formula is C17H28N2O2. The lowest BCUT2D eigenvalue weighted by molar-refractivity contribution is 0.147. The molecule has 0 radical (unpaired) electrons. The Kier molecular flexibility index (Phi) is 5.48. The van der Waals surface area contributed by atoms with Crippen LogP contribution in [0.1, 0.15) is 38.3 Å². The molecule has 2 rings (SSSR count). The second kappa shape index (κ2) is 7.14. The van der Waals surface area contributed by atoms with Gasteiger partial charge in [0.25, 0.3) is 0 Å². The number of benzene rings is 1. The molecule has 1 fully saturated rings.